The molecule has 206 valence electrons. The molecule has 1 fully saturated rings. The first-order valence-electron chi connectivity index (χ1n) is 13.9. The summed E-state index contributed by atoms with van der Waals surface area (Å²) in [6.45, 7) is 4.58. The van der Waals surface area contributed by atoms with E-state index in [4.69, 9.17) is 19.2 Å². The van der Waals surface area contributed by atoms with Crippen LogP contribution in [0.5, 0.6) is 11.5 Å². The third-order valence-corrected chi connectivity index (χ3v) is 7.67. The van der Waals surface area contributed by atoms with Crippen molar-refractivity contribution in [1.82, 2.24) is 0 Å². The molecule has 3 aromatic rings. The number of carbonyl (C=O) groups excluding carboxylic acids is 2. The molecule has 0 N–H and O–H groups in total. The molecule has 0 aromatic heterocycles. The summed E-state index contributed by atoms with van der Waals surface area (Å²) < 4.78 is 17.3. The Morgan fingerprint density at radius 2 is 1.62 bits per heavy atom. The standard InChI is InChI=1S/C34H35NO5/c1-4-17-39-29-16-15-25(20-30(29)38-3)32-31(34(37)40-21-23-11-7-5-8-12-23)22(2)35-27-18-26(19-28(36)33(27)32)24-13-9-6-10-14-24/h5-16,20,26,32-33H,4,17-19,21H2,1-3H3/t26-,32+,33?/m1/s1. The van der Waals surface area contributed by atoms with E-state index in [2.05, 4.69) is 12.1 Å². The minimum absolute atomic E-state index is 0.0584. The molecule has 0 radical (unpaired) electrons. The highest BCUT2D eigenvalue weighted by molar-refractivity contribution is 6.12. The zero-order chi connectivity index (χ0) is 28.1. The average Bonchev–Trinajstić information content (AvgIpc) is 2.99. The fraction of sp³-hybridized carbons (Fsp3) is 0.324. The fourth-order valence-electron chi connectivity index (χ4n) is 5.77. The molecule has 0 amide bonds. The monoisotopic (exact) mass is 537 g/mol. The average molecular weight is 538 g/mol. The largest absolute Gasteiger partial charge is 0.493 e. The fourth-order valence-corrected chi connectivity index (χ4v) is 5.77. The first kappa shape index (κ1) is 27.4. The number of allylic oxidation sites excluding steroid dienone is 1. The Kier molecular flexibility index (Phi) is 8.44. The number of aliphatic imine (C=N–C) groups is 1. The maximum absolute atomic E-state index is 13.9. The van der Waals surface area contributed by atoms with Crippen LogP contribution in [0.15, 0.2) is 95.1 Å². The molecule has 0 saturated heterocycles. The van der Waals surface area contributed by atoms with Gasteiger partial charge in [0.15, 0.2) is 11.5 Å². The van der Waals surface area contributed by atoms with E-state index in [1.54, 1.807) is 7.11 Å². The summed E-state index contributed by atoms with van der Waals surface area (Å²) in [5, 5.41) is 0. The van der Waals surface area contributed by atoms with E-state index in [9.17, 15) is 9.59 Å². The van der Waals surface area contributed by atoms with Crippen molar-refractivity contribution >= 4 is 17.5 Å². The highest BCUT2D eigenvalue weighted by atomic mass is 16.5. The highest BCUT2D eigenvalue weighted by Crippen LogP contribution is 2.47. The van der Waals surface area contributed by atoms with Gasteiger partial charge in [0.1, 0.15) is 12.4 Å². The summed E-state index contributed by atoms with van der Waals surface area (Å²) in [4.78, 5) is 32.5. The second kappa shape index (κ2) is 12.3. The van der Waals surface area contributed by atoms with Crippen molar-refractivity contribution in [2.24, 2.45) is 10.9 Å². The lowest BCUT2D eigenvalue weighted by molar-refractivity contribution is -0.140. The van der Waals surface area contributed by atoms with Crippen LogP contribution in [0.1, 0.15) is 61.6 Å². The number of Topliss-reactive ketones (excluding diaryl/α,β-unsaturated/α-hetero) is 1. The number of rotatable bonds is 9. The van der Waals surface area contributed by atoms with E-state index in [1.165, 1.54) is 0 Å². The summed E-state index contributed by atoms with van der Waals surface area (Å²) in [5.74, 6) is -0.208. The SMILES string of the molecule is CCCOc1ccc([C@H]2C(C(=O)OCc3ccccc3)=C(C)N=C3C[C@@H](c4ccccc4)CC(=O)C32)cc1OC. The molecule has 1 saturated carbocycles. The maximum atomic E-state index is 13.9. The Labute approximate surface area is 235 Å². The van der Waals surface area contributed by atoms with Crippen molar-refractivity contribution in [3.05, 3.63) is 107 Å². The molecule has 1 aliphatic heterocycles. The third kappa shape index (κ3) is 5.71. The van der Waals surface area contributed by atoms with E-state index in [1.807, 2.05) is 80.6 Å². The van der Waals surface area contributed by atoms with Crippen LogP contribution in [0.25, 0.3) is 0 Å². The van der Waals surface area contributed by atoms with Gasteiger partial charge in [-0.25, -0.2) is 4.79 Å². The minimum atomic E-state index is -0.546. The number of carbonyl (C=O) groups is 2. The van der Waals surface area contributed by atoms with Gasteiger partial charge in [0.2, 0.25) is 0 Å². The zero-order valence-electron chi connectivity index (χ0n) is 23.3. The Morgan fingerprint density at radius 1 is 0.900 bits per heavy atom. The predicted octanol–water partition coefficient (Wildman–Crippen LogP) is 6.80. The van der Waals surface area contributed by atoms with Crippen molar-refractivity contribution < 1.29 is 23.8 Å². The van der Waals surface area contributed by atoms with Crippen LogP contribution in [0.3, 0.4) is 0 Å². The highest BCUT2D eigenvalue weighted by Gasteiger charge is 2.46. The van der Waals surface area contributed by atoms with Crippen molar-refractivity contribution in [2.45, 2.75) is 51.6 Å². The molecule has 40 heavy (non-hydrogen) atoms. The van der Waals surface area contributed by atoms with Gasteiger partial charge in [0.25, 0.3) is 0 Å². The van der Waals surface area contributed by atoms with Crippen molar-refractivity contribution in [3.63, 3.8) is 0 Å². The quantitative estimate of drug-likeness (QED) is 0.281. The minimum Gasteiger partial charge on any atom is -0.493 e. The number of fused-ring (bicyclic) bond motifs is 1. The topological polar surface area (TPSA) is 74.2 Å². The number of nitrogens with zero attached hydrogens (tertiary/aromatic N) is 1. The first-order valence-corrected chi connectivity index (χ1v) is 13.9. The molecule has 0 bridgehead atoms. The number of hydrogen-bond donors (Lipinski definition) is 0. The normalized spacial score (nSPS) is 20.4. The van der Waals surface area contributed by atoms with Crippen LogP contribution in [0, 0.1) is 5.92 Å². The summed E-state index contributed by atoms with van der Waals surface area (Å²) in [7, 11) is 1.60. The number of esters is 1. The predicted molar refractivity (Wildman–Crippen MR) is 155 cm³/mol. The summed E-state index contributed by atoms with van der Waals surface area (Å²) in [6.07, 6.45) is 1.92. The third-order valence-electron chi connectivity index (χ3n) is 7.67. The van der Waals surface area contributed by atoms with E-state index in [0.717, 1.165) is 28.8 Å². The van der Waals surface area contributed by atoms with Crippen LogP contribution in [0.4, 0.5) is 0 Å². The summed E-state index contributed by atoms with van der Waals surface area (Å²) >= 11 is 0. The number of ketones is 1. The van der Waals surface area contributed by atoms with Gasteiger partial charge in [-0.1, -0.05) is 73.7 Å². The Bertz CT molecular complexity index is 1430. The smallest absolute Gasteiger partial charge is 0.336 e. The van der Waals surface area contributed by atoms with Gasteiger partial charge in [-0.2, -0.15) is 0 Å². The van der Waals surface area contributed by atoms with E-state index < -0.39 is 17.8 Å². The molecule has 2 aliphatic rings. The van der Waals surface area contributed by atoms with Crippen molar-refractivity contribution in [1.29, 1.82) is 0 Å². The lowest BCUT2D eigenvalue weighted by atomic mass is 9.66. The molecule has 0 spiro atoms. The van der Waals surface area contributed by atoms with Gasteiger partial charge in [-0.05, 0) is 54.5 Å². The van der Waals surface area contributed by atoms with Crippen LogP contribution >= 0.6 is 0 Å². The summed E-state index contributed by atoms with van der Waals surface area (Å²) in [5.41, 5.74) is 4.64. The van der Waals surface area contributed by atoms with E-state index in [0.29, 0.717) is 42.2 Å². The number of hydrogen-bond acceptors (Lipinski definition) is 6. The van der Waals surface area contributed by atoms with Gasteiger partial charge >= 0.3 is 5.97 Å². The molecular formula is C34H35NO5. The van der Waals surface area contributed by atoms with Crippen LogP contribution < -0.4 is 9.47 Å². The second-order valence-electron chi connectivity index (χ2n) is 10.4. The number of ether oxygens (including phenoxy) is 3. The molecular weight excluding hydrogens is 502 g/mol. The van der Waals surface area contributed by atoms with Gasteiger partial charge in [-0.3, -0.25) is 9.79 Å². The zero-order valence-corrected chi connectivity index (χ0v) is 23.3. The number of methoxy groups -OCH3 is 1. The van der Waals surface area contributed by atoms with Crippen molar-refractivity contribution in [2.75, 3.05) is 13.7 Å². The lowest BCUT2D eigenvalue weighted by Gasteiger charge is -2.38. The van der Waals surface area contributed by atoms with Gasteiger partial charge < -0.3 is 14.2 Å². The van der Waals surface area contributed by atoms with E-state index in [-0.39, 0.29) is 18.3 Å². The van der Waals surface area contributed by atoms with Gasteiger partial charge in [-0.15, -0.1) is 0 Å². The molecule has 6 heteroatoms. The lowest BCUT2D eigenvalue weighted by Crippen LogP contribution is -2.41. The van der Waals surface area contributed by atoms with E-state index >= 15 is 0 Å². The molecule has 3 atom stereocenters. The Morgan fingerprint density at radius 3 is 2.33 bits per heavy atom. The number of benzene rings is 3. The Hall–Kier alpha value is -4.19. The molecule has 1 unspecified atom stereocenters. The van der Waals surface area contributed by atoms with Crippen molar-refractivity contribution in [3.8, 4) is 11.5 Å². The summed E-state index contributed by atoms with van der Waals surface area (Å²) in [6, 6.07) is 25.3. The van der Waals surface area contributed by atoms with Crippen LogP contribution in [-0.4, -0.2) is 31.2 Å². The van der Waals surface area contributed by atoms with Crippen LogP contribution in [0.2, 0.25) is 0 Å². The van der Waals surface area contributed by atoms with Gasteiger partial charge in [0, 0.05) is 23.7 Å². The Balaban J connectivity index is 1.54. The molecule has 3 aromatic carbocycles. The maximum Gasteiger partial charge on any atom is 0.336 e. The molecule has 5 rings (SSSR count). The van der Waals surface area contributed by atoms with Crippen LogP contribution in [-0.2, 0) is 20.9 Å². The molecule has 1 heterocycles. The molecule has 6 nitrogen and oxygen atoms in total. The van der Waals surface area contributed by atoms with Gasteiger partial charge in [0.05, 0.1) is 25.2 Å². The second-order valence-corrected chi connectivity index (χ2v) is 10.4. The molecule has 1 aliphatic carbocycles. The first-order chi connectivity index (χ1) is 19.5.